The van der Waals surface area contributed by atoms with E-state index in [9.17, 15) is 4.79 Å². The highest BCUT2D eigenvalue weighted by Gasteiger charge is 2.23. The topological polar surface area (TPSA) is 23.6 Å². The third-order valence-corrected chi connectivity index (χ3v) is 2.33. The molecule has 12 heavy (non-hydrogen) atoms. The Hall–Kier alpha value is -0.730. The van der Waals surface area contributed by atoms with Gasteiger partial charge in [-0.15, -0.1) is 0 Å². The lowest BCUT2D eigenvalue weighted by Gasteiger charge is -2.15. The zero-order chi connectivity index (χ0) is 8.97. The summed E-state index contributed by atoms with van der Waals surface area (Å²) in [6.07, 6.45) is 3.60. The molecule has 0 saturated carbocycles. The van der Waals surface area contributed by atoms with Gasteiger partial charge >= 0.3 is 6.03 Å². The SMILES string of the molecule is CCCCCN1CCN(C)C1=O. The number of likely N-dealkylation sites (N-methyl/N-ethyl adjacent to an activating group) is 1. The molecule has 1 rings (SSSR count). The van der Waals surface area contributed by atoms with Gasteiger partial charge in [0.1, 0.15) is 0 Å². The first-order valence-corrected chi connectivity index (χ1v) is 4.75. The van der Waals surface area contributed by atoms with Crippen molar-refractivity contribution >= 4 is 6.03 Å². The molecule has 0 aromatic heterocycles. The molecule has 3 nitrogen and oxygen atoms in total. The Bertz CT molecular complexity index is 159. The van der Waals surface area contributed by atoms with Gasteiger partial charge in [-0.05, 0) is 6.42 Å². The molecule has 0 spiro atoms. The maximum Gasteiger partial charge on any atom is 0.319 e. The van der Waals surface area contributed by atoms with Crippen LogP contribution in [-0.4, -0.2) is 42.5 Å². The maximum atomic E-state index is 11.4. The monoisotopic (exact) mass is 170 g/mol. The fourth-order valence-corrected chi connectivity index (χ4v) is 1.46. The highest BCUT2D eigenvalue weighted by molar-refractivity contribution is 5.76. The van der Waals surface area contributed by atoms with Crippen molar-refractivity contribution < 1.29 is 4.79 Å². The number of hydrogen-bond acceptors (Lipinski definition) is 1. The van der Waals surface area contributed by atoms with Gasteiger partial charge in [0.25, 0.3) is 0 Å². The minimum Gasteiger partial charge on any atom is -0.326 e. The second-order valence-corrected chi connectivity index (χ2v) is 3.40. The van der Waals surface area contributed by atoms with Crippen LogP contribution in [-0.2, 0) is 0 Å². The van der Waals surface area contributed by atoms with E-state index in [2.05, 4.69) is 6.92 Å². The van der Waals surface area contributed by atoms with E-state index in [-0.39, 0.29) is 6.03 Å². The Morgan fingerprint density at radius 3 is 2.58 bits per heavy atom. The molecule has 3 heteroatoms. The molecule has 1 saturated heterocycles. The van der Waals surface area contributed by atoms with Crippen molar-refractivity contribution in [1.29, 1.82) is 0 Å². The van der Waals surface area contributed by atoms with Gasteiger partial charge in [-0.25, -0.2) is 4.79 Å². The summed E-state index contributed by atoms with van der Waals surface area (Å²) in [6, 6.07) is 0.200. The molecule has 0 bridgehead atoms. The molecule has 0 aromatic carbocycles. The molecule has 2 amide bonds. The van der Waals surface area contributed by atoms with Crippen molar-refractivity contribution in [3.8, 4) is 0 Å². The molecule has 1 heterocycles. The number of carbonyl (C=O) groups excluding carboxylic acids is 1. The van der Waals surface area contributed by atoms with E-state index < -0.39 is 0 Å². The number of unbranched alkanes of at least 4 members (excludes halogenated alkanes) is 2. The first kappa shape index (κ1) is 9.36. The lowest BCUT2D eigenvalue weighted by Crippen LogP contribution is -2.30. The van der Waals surface area contributed by atoms with Gasteiger partial charge in [0.2, 0.25) is 0 Å². The molecular formula is C9H18N2O. The van der Waals surface area contributed by atoms with E-state index >= 15 is 0 Å². The molecule has 0 N–H and O–H groups in total. The van der Waals surface area contributed by atoms with E-state index in [1.54, 1.807) is 4.90 Å². The summed E-state index contributed by atoms with van der Waals surface area (Å²) in [5.41, 5.74) is 0. The van der Waals surface area contributed by atoms with E-state index in [0.29, 0.717) is 0 Å². The quantitative estimate of drug-likeness (QED) is 0.587. The molecule has 0 radical (unpaired) electrons. The first-order chi connectivity index (χ1) is 5.75. The average Bonchev–Trinajstić information content (AvgIpc) is 2.36. The Morgan fingerprint density at radius 1 is 1.33 bits per heavy atom. The Labute approximate surface area is 74.3 Å². The highest BCUT2D eigenvalue weighted by Crippen LogP contribution is 2.07. The molecule has 0 atom stereocenters. The van der Waals surface area contributed by atoms with Gasteiger partial charge in [0, 0.05) is 26.7 Å². The molecule has 0 aromatic rings. The molecule has 1 fully saturated rings. The summed E-state index contributed by atoms with van der Waals surface area (Å²) in [7, 11) is 1.86. The number of rotatable bonds is 4. The van der Waals surface area contributed by atoms with Crippen LogP contribution in [0.15, 0.2) is 0 Å². The van der Waals surface area contributed by atoms with Gasteiger partial charge in [-0.3, -0.25) is 0 Å². The normalized spacial score (nSPS) is 17.7. The number of urea groups is 1. The Morgan fingerprint density at radius 2 is 2.08 bits per heavy atom. The van der Waals surface area contributed by atoms with Crippen LogP contribution in [0.5, 0.6) is 0 Å². The second kappa shape index (κ2) is 4.33. The van der Waals surface area contributed by atoms with Crippen LogP contribution in [0.2, 0.25) is 0 Å². The lowest BCUT2D eigenvalue weighted by molar-refractivity contribution is 0.198. The highest BCUT2D eigenvalue weighted by atomic mass is 16.2. The van der Waals surface area contributed by atoms with Crippen LogP contribution in [0.25, 0.3) is 0 Å². The third-order valence-electron chi connectivity index (χ3n) is 2.33. The third kappa shape index (κ3) is 2.13. The van der Waals surface area contributed by atoms with Crippen LogP contribution in [0.1, 0.15) is 26.2 Å². The van der Waals surface area contributed by atoms with Crippen LogP contribution in [0, 0.1) is 0 Å². The fraction of sp³-hybridized carbons (Fsp3) is 0.889. The predicted octanol–water partition coefficient (Wildman–Crippen LogP) is 1.54. The number of amides is 2. The number of hydrogen-bond donors (Lipinski definition) is 0. The van der Waals surface area contributed by atoms with E-state index in [1.807, 2.05) is 11.9 Å². The average molecular weight is 170 g/mol. The van der Waals surface area contributed by atoms with Gasteiger partial charge in [0.15, 0.2) is 0 Å². The summed E-state index contributed by atoms with van der Waals surface area (Å²) in [6.45, 7) is 4.93. The molecule has 70 valence electrons. The minimum atomic E-state index is 0.200. The van der Waals surface area contributed by atoms with E-state index in [0.717, 1.165) is 26.1 Å². The van der Waals surface area contributed by atoms with Crippen molar-refractivity contribution in [2.24, 2.45) is 0 Å². The molecule has 1 aliphatic rings. The van der Waals surface area contributed by atoms with Crippen LogP contribution in [0.4, 0.5) is 4.79 Å². The van der Waals surface area contributed by atoms with Gasteiger partial charge in [-0.1, -0.05) is 19.8 Å². The van der Waals surface area contributed by atoms with Gasteiger partial charge in [0.05, 0.1) is 0 Å². The molecule has 0 unspecified atom stereocenters. The molecular weight excluding hydrogens is 152 g/mol. The van der Waals surface area contributed by atoms with E-state index in [1.165, 1.54) is 12.8 Å². The van der Waals surface area contributed by atoms with Crippen molar-refractivity contribution in [2.45, 2.75) is 26.2 Å². The molecule has 0 aliphatic carbocycles. The Balaban J connectivity index is 2.20. The van der Waals surface area contributed by atoms with Crippen molar-refractivity contribution in [2.75, 3.05) is 26.7 Å². The summed E-state index contributed by atoms with van der Waals surface area (Å²) in [5.74, 6) is 0. The van der Waals surface area contributed by atoms with Crippen LogP contribution >= 0.6 is 0 Å². The standard InChI is InChI=1S/C9H18N2O/c1-3-4-5-6-11-8-7-10(2)9(11)12/h3-8H2,1-2H3. The smallest absolute Gasteiger partial charge is 0.319 e. The predicted molar refractivity (Wildman–Crippen MR) is 49.1 cm³/mol. The van der Waals surface area contributed by atoms with E-state index in [4.69, 9.17) is 0 Å². The zero-order valence-corrected chi connectivity index (χ0v) is 8.05. The van der Waals surface area contributed by atoms with Gasteiger partial charge < -0.3 is 9.80 Å². The van der Waals surface area contributed by atoms with Crippen LogP contribution < -0.4 is 0 Å². The number of nitrogens with zero attached hydrogens (tertiary/aromatic N) is 2. The summed E-state index contributed by atoms with van der Waals surface area (Å²) in [5, 5.41) is 0. The van der Waals surface area contributed by atoms with Crippen molar-refractivity contribution in [3.05, 3.63) is 0 Å². The lowest BCUT2D eigenvalue weighted by atomic mass is 10.2. The summed E-state index contributed by atoms with van der Waals surface area (Å²) in [4.78, 5) is 15.1. The maximum absolute atomic E-state index is 11.4. The minimum absolute atomic E-state index is 0.200. The number of carbonyl (C=O) groups is 1. The zero-order valence-electron chi connectivity index (χ0n) is 8.05. The van der Waals surface area contributed by atoms with Gasteiger partial charge in [-0.2, -0.15) is 0 Å². The van der Waals surface area contributed by atoms with Crippen molar-refractivity contribution in [1.82, 2.24) is 9.80 Å². The van der Waals surface area contributed by atoms with Crippen molar-refractivity contribution in [3.63, 3.8) is 0 Å². The molecule has 1 aliphatic heterocycles. The van der Waals surface area contributed by atoms with Crippen LogP contribution in [0.3, 0.4) is 0 Å². The summed E-state index contributed by atoms with van der Waals surface area (Å²) >= 11 is 0. The first-order valence-electron chi connectivity index (χ1n) is 4.75. The summed E-state index contributed by atoms with van der Waals surface area (Å²) < 4.78 is 0. The Kier molecular flexibility index (Phi) is 3.38. The fourth-order valence-electron chi connectivity index (χ4n) is 1.46. The second-order valence-electron chi connectivity index (χ2n) is 3.40. The largest absolute Gasteiger partial charge is 0.326 e.